The average Bonchev–Trinajstić information content (AvgIpc) is 2.06. The molecular formula is C7H5N3O2. The first-order chi connectivity index (χ1) is 5.74. The van der Waals surface area contributed by atoms with Crippen molar-refractivity contribution in [2.75, 3.05) is 0 Å². The van der Waals surface area contributed by atoms with Gasteiger partial charge in [-0.1, -0.05) is 0 Å². The van der Waals surface area contributed by atoms with Crippen molar-refractivity contribution in [2.24, 2.45) is 0 Å². The van der Waals surface area contributed by atoms with Crippen molar-refractivity contribution >= 4 is 5.91 Å². The van der Waals surface area contributed by atoms with E-state index in [9.17, 15) is 9.59 Å². The molecule has 0 saturated heterocycles. The predicted octanol–water partition coefficient (Wildman–Crippen LogP) is -0.414. The molecule has 0 spiro atoms. The number of aromatic nitrogens is 1. The van der Waals surface area contributed by atoms with E-state index in [-0.39, 0.29) is 11.1 Å². The van der Waals surface area contributed by atoms with Gasteiger partial charge in [0, 0.05) is 12.3 Å². The van der Waals surface area contributed by atoms with E-state index < -0.39 is 5.91 Å². The van der Waals surface area contributed by atoms with Crippen LogP contribution in [0.25, 0.3) is 0 Å². The number of amides is 1. The van der Waals surface area contributed by atoms with E-state index in [1.54, 1.807) is 0 Å². The molecule has 2 N–H and O–H groups in total. The normalized spacial score (nSPS) is 8.58. The fourth-order valence-corrected chi connectivity index (χ4v) is 0.675. The summed E-state index contributed by atoms with van der Waals surface area (Å²) in [6.45, 7) is 0. The Balaban J connectivity index is 2.91. The van der Waals surface area contributed by atoms with Crippen molar-refractivity contribution in [3.05, 3.63) is 34.2 Å². The number of carbonyl (C=O) groups excluding carboxylic acids is 1. The first kappa shape index (κ1) is 8.01. The van der Waals surface area contributed by atoms with Gasteiger partial charge in [0.25, 0.3) is 5.91 Å². The van der Waals surface area contributed by atoms with Crippen LogP contribution in [0.3, 0.4) is 0 Å². The smallest absolute Gasteiger partial charge is 0.265 e. The third-order valence-electron chi connectivity index (χ3n) is 1.22. The summed E-state index contributed by atoms with van der Waals surface area (Å²) < 4.78 is 0. The molecule has 0 unspecified atom stereocenters. The standard InChI is InChI=1S/C7H5N3O2/c8-4-10-7(12)5-1-2-6(11)9-3-5/h1-3H,(H,9,11)(H,10,12). The Morgan fingerprint density at radius 1 is 1.58 bits per heavy atom. The minimum atomic E-state index is -0.534. The van der Waals surface area contributed by atoms with Crippen molar-refractivity contribution in [2.45, 2.75) is 0 Å². The summed E-state index contributed by atoms with van der Waals surface area (Å²) in [7, 11) is 0. The van der Waals surface area contributed by atoms with Gasteiger partial charge in [0.05, 0.1) is 5.56 Å². The van der Waals surface area contributed by atoms with Gasteiger partial charge in [-0.15, -0.1) is 0 Å². The fourth-order valence-electron chi connectivity index (χ4n) is 0.675. The van der Waals surface area contributed by atoms with Gasteiger partial charge in [-0.05, 0) is 6.07 Å². The molecule has 0 radical (unpaired) electrons. The molecule has 5 nitrogen and oxygen atoms in total. The number of pyridine rings is 1. The molecule has 0 fully saturated rings. The maximum absolute atomic E-state index is 10.9. The zero-order valence-corrected chi connectivity index (χ0v) is 6.00. The molecule has 0 saturated carbocycles. The van der Waals surface area contributed by atoms with Crippen molar-refractivity contribution in [3.63, 3.8) is 0 Å². The molecule has 12 heavy (non-hydrogen) atoms. The van der Waals surface area contributed by atoms with Crippen molar-refractivity contribution < 1.29 is 4.79 Å². The highest BCUT2D eigenvalue weighted by atomic mass is 16.1. The maximum atomic E-state index is 10.9. The third-order valence-corrected chi connectivity index (χ3v) is 1.22. The molecular weight excluding hydrogens is 158 g/mol. The molecule has 0 aromatic carbocycles. The van der Waals surface area contributed by atoms with Gasteiger partial charge in [0.1, 0.15) is 0 Å². The lowest BCUT2D eigenvalue weighted by molar-refractivity contribution is 0.0972. The van der Waals surface area contributed by atoms with Crippen LogP contribution in [0.4, 0.5) is 0 Å². The van der Waals surface area contributed by atoms with Crippen LogP contribution in [-0.4, -0.2) is 10.9 Å². The van der Waals surface area contributed by atoms with Gasteiger partial charge in [-0.2, -0.15) is 5.26 Å². The second kappa shape index (κ2) is 3.34. The summed E-state index contributed by atoms with van der Waals surface area (Å²) in [5.74, 6) is -0.534. The molecule has 1 aromatic rings. The van der Waals surface area contributed by atoms with Gasteiger partial charge >= 0.3 is 0 Å². The largest absolute Gasteiger partial charge is 0.328 e. The Morgan fingerprint density at radius 2 is 2.33 bits per heavy atom. The highest BCUT2D eigenvalue weighted by Crippen LogP contribution is 1.91. The lowest BCUT2D eigenvalue weighted by Crippen LogP contribution is -2.18. The molecule has 60 valence electrons. The topological polar surface area (TPSA) is 85.8 Å². The highest BCUT2D eigenvalue weighted by molar-refractivity contribution is 5.94. The van der Waals surface area contributed by atoms with Gasteiger partial charge in [-0.25, -0.2) is 0 Å². The van der Waals surface area contributed by atoms with E-state index in [2.05, 4.69) is 4.98 Å². The van der Waals surface area contributed by atoms with Crippen molar-refractivity contribution in [3.8, 4) is 6.19 Å². The Kier molecular flexibility index (Phi) is 2.23. The summed E-state index contributed by atoms with van der Waals surface area (Å²) in [6, 6.07) is 2.55. The SMILES string of the molecule is N#CNC(=O)c1ccc(=O)[nH]c1. The summed E-state index contributed by atoms with van der Waals surface area (Å²) in [6.07, 6.45) is 2.73. The lowest BCUT2D eigenvalue weighted by Gasteiger charge is -1.94. The van der Waals surface area contributed by atoms with E-state index in [4.69, 9.17) is 5.26 Å². The summed E-state index contributed by atoms with van der Waals surface area (Å²) >= 11 is 0. The van der Waals surface area contributed by atoms with Crippen LogP contribution in [0.1, 0.15) is 10.4 Å². The minimum absolute atomic E-state index is 0.246. The Hall–Kier alpha value is -2.09. The molecule has 1 heterocycles. The van der Waals surface area contributed by atoms with Crippen LogP contribution in [0.15, 0.2) is 23.1 Å². The first-order valence-electron chi connectivity index (χ1n) is 3.12. The van der Waals surface area contributed by atoms with E-state index in [0.717, 1.165) is 0 Å². The molecule has 1 amide bonds. The quantitative estimate of drug-likeness (QED) is 0.435. The van der Waals surface area contributed by atoms with Gasteiger partial charge in [0.15, 0.2) is 6.19 Å². The van der Waals surface area contributed by atoms with Crippen LogP contribution in [0, 0.1) is 11.5 Å². The van der Waals surface area contributed by atoms with Crippen LogP contribution in [0.5, 0.6) is 0 Å². The Bertz CT molecular complexity index is 368. The number of aromatic amines is 1. The molecule has 0 atom stereocenters. The summed E-state index contributed by atoms with van der Waals surface area (Å²) in [4.78, 5) is 23.8. The van der Waals surface area contributed by atoms with E-state index in [1.807, 2.05) is 5.32 Å². The molecule has 0 aliphatic rings. The number of hydrogen-bond acceptors (Lipinski definition) is 3. The van der Waals surface area contributed by atoms with Crippen LogP contribution >= 0.6 is 0 Å². The number of nitriles is 1. The minimum Gasteiger partial charge on any atom is -0.328 e. The summed E-state index contributed by atoms with van der Waals surface area (Å²) in [5, 5.41) is 10.0. The number of nitrogens with zero attached hydrogens (tertiary/aromatic N) is 1. The number of rotatable bonds is 1. The molecule has 0 bridgehead atoms. The van der Waals surface area contributed by atoms with Crippen molar-refractivity contribution in [1.29, 1.82) is 5.26 Å². The molecule has 5 heteroatoms. The Morgan fingerprint density at radius 3 is 2.83 bits per heavy atom. The zero-order valence-electron chi connectivity index (χ0n) is 6.00. The zero-order chi connectivity index (χ0) is 8.97. The van der Waals surface area contributed by atoms with Gasteiger partial charge in [0.2, 0.25) is 5.56 Å². The Labute approximate surface area is 67.6 Å². The molecule has 0 aliphatic carbocycles. The maximum Gasteiger partial charge on any atom is 0.265 e. The van der Waals surface area contributed by atoms with Crippen molar-refractivity contribution in [1.82, 2.24) is 10.3 Å². The second-order valence-corrected chi connectivity index (χ2v) is 2.01. The third kappa shape index (κ3) is 1.70. The van der Waals surface area contributed by atoms with Crippen LogP contribution in [0.2, 0.25) is 0 Å². The predicted molar refractivity (Wildman–Crippen MR) is 40.1 cm³/mol. The van der Waals surface area contributed by atoms with Gasteiger partial charge < -0.3 is 4.98 Å². The second-order valence-electron chi connectivity index (χ2n) is 2.01. The van der Waals surface area contributed by atoms with Gasteiger partial charge in [-0.3, -0.25) is 14.9 Å². The fraction of sp³-hybridized carbons (Fsp3) is 0. The van der Waals surface area contributed by atoms with E-state index in [1.165, 1.54) is 24.5 Å². The highest BCUT2D eigenvalue weighted by Gasteiger charge is 2.02. The number of carbonyl (C=O) groups is 1. The summed E-state index contributed by atoms with van der Waals surface area (Å²) in [5.41, 5.74) is -0.0420. The average molecular weight is 163 g/mol. The van der Waals surface area contributed by atoms with E-state index in [0.29, 0.717) is 0 Å². The number of nitrogens with one attached hydrogen (secondary N) is 2. The van der Waals surface area contributed by atoms with Crippen LogP contribution in [-0.2, 0) is 0 Å². The molecule has 1 aromatic heterocycles. The molecule has 0 aliphatic heterocycles. The number of H-pyrrole nitrogens is 1. The number of hydrogen-bond donors (Lipinski definition) is 2. The first-order valence-corrected chi connectivity index (χ1v) is 3.12. The lowest BCUT2D eigenvalue weighted by atomic mass is 10.3. The monoisotopic (exact) mass is 163 g/mol. The molecule has 1 rings (SSSR count). The van der Waals surface area contributed by atoms with E-state index >= 15 is 0 Å². The van der Waals surface area contributed by atoms with Crippen LogP contribution < -0.4 is 10.9 Å².